The van der Waals surface area contributed by atoms with Crippen molar-refractivity contribution in [3.63, 3.8) is 0 Å². The molecule has 0 amide bonds. The van der Waals surface area contributed by atoms with Crippen LogP contribution in [0.3, 0.4) is 0 Å². The smallest absolute Gasteiger partial charge is 0.274 e. The Bertz CT molecular complexity index is 475. The summed E-state index contributed by atoms with van der Waals surface area (Å²) in [5, 5.41) is 14.2. The molecule has 1 saturated heterocycles. The molecule has 1 aliphatic rings. The van der Waals surface area contributed by atoms with Crippen LogP contribution in [0, 0.1) is 15.9 Å². The highest BCUT2D eigenvalue weighted by molar-refractivity contribution is 5.54. The Morgan fingerprint density at radius 2 is 2.30 bits per heavy atom. The number of nitrogens with one attached hydrogen (secondary N) is 1. The lowest BCUT2D eigenvalue weighted by Crippen LogP contribution is -2.46. The fraction of sp³-hybridized carbons (Fsp3) is 0.571. The lowest BCUT2D eigenvalue weighted by atomic mass is 10.0. The van der Waals surface area contributed by atoms with Crippen LogP contribution in [0.1, 0.15) is 26.2 Å². The van der Waals surface area contributed by atoms with E-state index < -0.39 is 10.7 Å². The van der Waals surface area contributed by atoms with Crippen LogP contribution in [0.4, 0.5) is 15.8 Å². The number of hydrogen-bond donors (Lipinski definition) is 1. The zero-order chi connectivity index (χ0) is 14.5. The molecule has 1 aliphatic heterocycles. The van der Waals surface area contributed by atoms with E-state index in [2.05, 4.69) is 17.1 Å². The zero-order valence-corrected chi connectivity index (χ0v) is 11.6. The van der Waals surface area contributed by atoms with Crippen molar-refractivity contribution in [2.45, 2.75) is 32.2 Å². The summed E-state index contributed by atoms with van der Waals surface area (Å²) in [7, 11) is 0. The molecule has 0 bridgehead atoms. The first-order valence-electron chi connectivity index (χ1n) is 7.04. The molecular formula is C14H20FN3O2. The predicted molar refractivity (Wildman–Crippen MR) is 76.6 cm³/mol. The number of nitro groups is 1. The summed E-state index contributed by atoms with van der Waals surface area (Å²) in [4.78, 5) is 12.4. The van der Waals surface area contributed by atoms with E-state index in [9.17, 15) is 14.5 Å². The third-order valence-corrected chi connectivity index (χ3v) is 3.59. The molecule has 2 rings (SSSR count). The van der Waals surface area contributed by atoms with Gasteiger partial charge in [-0.2, -0.15) is 0 Å². The van der Waals surface area contributed by atoms with E-state index in [1.165, 1.54) is 12.1 Å². The summed E-state index contributed by atoms with van der Waals surface area (Å²) < 4.78 is 13.6. The normalized spacial score (nSPS) is 18.8. The van der Waals surface area contributed by atoms with E-state index >= 15 is 0 Å². The summed E-state index contributed by atoms with van der Waals surface area (Å²) in [6.45, 7) is 4.66. The van der Waals surface area contributed by atoms with E-state index in [4.69, 9.17) is 0 Å². The lowest BCUT2D eigenvalue weighted by Gasteiger charge is -2.36. The van der Waals surface area contributed by atoms with Crippen molar-refractivity contribution in [1.82, 2.24) is 5.32 Å². The summed E-state index contributed by atoms with van der Waals surface area (Å²) in [5.74, 6) is -0.556. The molecule has 20 heavy (non-hydrogen) atoms. The first-order chi connectivity index (χ1) is 9.61. The zero-order valence-electron chi connectivity index (χ0n) is 11.6. The van der Waals surface area contributed by atoms with Crippen LogP contribution < -0.4 is 10.2 Å². The Morgan fingerprint density at radius 1 is 1.50 bits per heavy atom. The molecule has 1 fully saturated rings. The maximum atomic E-state index is 13.6. The number of halogens is 1. The summed E-state index contributed by atoms with van der Waals surface area (Å²) in [6, 6.07) is 4.09. The molecule has 1 aromatic carbocycles. The Kier molecular flexibility index (Phi) is 4.89. The topological polar surface area (TPSA) is 58.4 Å². The van der Waals surface area contributed by atoms with Crippen molar-refractivity contribution in [3.8, 4) is 0 Å². The van der Waals surface area contributed by atoms with Gasteiger partial charge >= 0.3 is 0 Å². The SMILES string of the molecule is CCCN(c1cc(F)cc([N+](=O)[O-])c1)C1CCCNC1. The minimum absolute atomic E-state index is 0.190. The summed E-state index contributed by atoms with van der Waals surface area (Å²) in [5.41, 5.74) is 0.414. The van der Waals surface area contributed by atoms with Gasteiger partial charge in [0.2, 0.25) is 0 Å². The predicted octanol–water partition coefficient (Wildman–Crippen LogP) is 2.70. The van der Waals surface area contributed by atoms with Crippen LogP contribution in [-0.4, -0.2) is 30.6 Å². The van der Waals surface area contributed by atoms with Gasteiger partial charge in [-0.15, -0.1) is 0 Å². The summed E-state index contributed by atoms with van der Waals surface area (Å²) in [6.07, 6.45) is 3.01. The second-order valence-electron chi connectivity index (χ2n) is 5.12. The average Bonchev–Trinajstić information content (AvgIpc) is 2.45. The van der Waals surface area contributed by atoms with E-state index in [0.717, 1.165) is 45.0 Å². The van der Waals surface area contributed by atoms with E-state index in [0.29, 0.717) is 5.69 Å². The number of rotatable bonds is 5. The van der Waals surface area contributed by atoms with Crippen LogP contribution in [0.5, 0.6) is 0 Å². The molecule has 6 heteroatoms. The van der Waals surface area contributed by atoms with E-state index in [1.807, 2.05) is 0 Å². The van der Waals surface area contributed by atoms with Crippen LogP contribution in [-0.2, 0) is 0 Å². The molecule has 0 aromatic heterocycles. The van der Waals surface area contributed by atoms with Crippen LogP contribution in [0.2, 0.25) is 0 Å². The molecule has 1 unspecified atom stereocenters. The van der Waals surface area contributed by atoms with Gasteiger partial charge in [-0.1, -0.05) is 6.92 Å². The molecule has 0 saturated carbocycles. The molecule has 1 heterocycles. The summed E-state index contributed by atoms with van der Waals surface area (Å²) >= 11 is 0. The van der Waals surface area contributed by atoms with Crippen LogP contribution >= 0.6 is 0 Å². The number of anilines is 1. The third-order valence-electron chi connectivity index (χ3n) is 3.59. The molecule has 0 spiro atoms. The monoisotopic (exact) mass is 281 g/mol. The van der Waals surface area contributed by atoms with Crippen LogP contribution in [0.25, 0.3) is 0 Å². The minimum Gasteiger partial charge on any atom is -0.367 e. The van der Waals surface area contributed by atoms with Gasteiger partial charge in [-0.05, 0) is 31.9 Å². The van der Waals surface area contributed by atoms with E-state index in [-0.39, 0.29) is 11.7 Å². The first kappa shape index (κ1) is 14.7. The van der Waals surface area contributed by atoms with Gasteiger partial charge in [0.05, 0.1) is 11.0 Å². The van der Waals surface area contributed by atoms with Crippen molar-refractivity contribution in [2.75, 3.05) is 24.5 Å². The molecule has 0 aliphatic carbocycles. The van der Waals surface area contributed by atoms with Crippen molar-refractivity contribution in [2.24, 2.45) is 0 Å². The average molecular weight is 281 g/mol. The maximum absolute atomic E-state index is 13.6. The van der Waals surface area contributed by atoms with Gasteiger partial charge in [0.15, 0.2) is 0 Å². The van der Waals surface area contributed by atoms with Gasteiger partial charge in [0, 0.05) is 30.9 Å². The van der Waals surface area contributed by atoms with Gasteiger partial charge in [-0.25, -0.2) is 4.39 Å². The molecular weight excluding hydrogens is 261 g/mol. The second kappa shape index (κ2) is 6.65. The maximum Gasteiger partial charge on any atom is 0.274 e. The number of benzene rings is 1. The van der Waals surface area contributed by atoms with Gasteiger partial charge < -0.3 is 10.2 Å². The largest absolute Gasteiger partial charge is 0.367 e. The molecule has 1 aromatic rings. The van der Waals surface area contributed by atoms with Crippen molar-refractivity contribution >= 4 is 11.4 Å². The number of nitrogens with zero attached hydrogens (tertiary/aromatic N) is 2. The minimum atomic E-state index is -0.556. The molecule has 0 radical (unpaired) electrons. The Morgan fingerprint density at radius 3 is 2.90 bits per heavy atom. The molecule has 1 atom stereocenters. The molecule has 110 valence electrons. The number of piperidine rings is 1. The Hall–Kier alpha value is -1.69. The van der Waals surface area contributed by atoms with Crippen molar-refractivity contribution < 1.29 is 9.31 Å². The van der Waals surface area contributed by atoms with Gasteiger partial charge in [0.1, 0.15) is 5.82 Å². The fourth-order valence-electron chi connectivity index (χ4n) is 2.69. The Balaban J connectivity index is 2.30. The van der Waals surface area contributed by atoms with Gasteiger partial charge in [0.25, 0.3) is 5.69 Å². The van der Waals surface area contributed by atoms with Crippen LogP contribution in [0.15, 0.2) is 18.2 Å². The quantitative estimate of drug-likeness (QED) is 0.666. The van der Waals surface area contributed by atoms with Crippen molar-refractivity contribution in [1.29, 1.82) is 0 Å². The lowest BCUT2D eigenvalue weighted by molar-refractivity contribution is -0.385. The standard InChI is InChI=1S/C14H20FN3O2/c1-2-6-17(12-4-3-5-16-10-12)13-7-11(15)8-14(9-13)18(19)20/h7-9,12,16H,2-6,10H2,1H3. The number of hydrogen-bond acceptors (Lipinski definition) is 4. The third kappa shape index (κ3) is 3.45. The molecule has 5 nitrogen and oxygen atoms in total. The van der Waals surface area contributed by atoms with Crippen molar-refractivity contribution in [3.05, 3.63) is 34.1 Å². The fourth-order valence-corrected chi connectivity index (χ4v) is 2.69. The highest BCUT2D eigenvalue weighted by Gasteiger charge is 2.22. The number of non-ortho nitro benzene ring substituents is 1. The first-order valence-corrected chi connectivity index (χ1v) is 7.04. The van der Waals surface area contributed by atoms with E-state index in [1.54, 1.807) is 0 Å². The van der Waals surface area contributed by atoms with Gasteiger partial charge in [-0.3, -0.25) is 10.1 Å². The second-order valence-corrected chi connectivity index (χ2v) is 5.12. The highest BCUT2D eigenvalue weighted by Crippen LogP contribution is 2.26. The Labute approximate surface area is 117 Å². The number of nitro benzene ring substituents is 1. The molecule has 1 N–H and O–H groups in total. The highest BCUT2D eigenvalue weighted by atomic mass is 19.1.